The minimum atomic E-state index is -0.346. The third kappa shape index (κ3) is 2.61. The van der Waals surface area contributed by atoms with Crippen molar-refractivity contribution in [3.63, 3.8) is 0 Å². The molecule has 2 heterocycles. The first-order chi connectivity index (χ1) is 10.5. The van der Waals surface area contributed by atoms with Crippen molar-refractivity contribution in [2.24, 2.45) is 0 Å². The van der Waals surface area contributed by atoms with Crippen molar-refractivity contribution in [1.29, 1.82) is 0 Å². The second-order valence-corrected chi connectivity index (χ2v) is 6.60. The number of halogens is 1. The first-order valence-electron chi connectivity index (χ1n) is 7.77. The van der Waals surface area contributed by atoms with E-state index in [-0.39, 0.29) is 11.4 Å². The predicted molar refractivity (Wildman–Crippen MR) is 86.9 cm³/mol. The summed E-state index contributed by atoms with van der Waals surface area (Å²) in [7, 11) is 0. The Morgan fingerprint density at radius 2 is 1.91 bits per heavy atom. The van der Waals surface area contributed by atoms with Gasteiger partial charge in [0.2, 0.25) is 0 Å². The fraction of sp³-hybridized carbons (Fsp3) is 0.471. The average Bonchev–Trinajstić information content (AvgIpc) is 2.52. The first-order valence-corrected chi connectivity index (χ1v) is 8.14. The van der Waals surface area contributed by atoms with Crippen LogP contribution in [0.3, 0.4) is 0 Å². The van der Waals surface area contributed by atoms with E-state index in [1.165, 1.54) is 24.2 Å². The number of nitrogens with one attached hydrogen (secondary N) is 1. The van der Waals surface area contributed by atoms with E-state index in [0.717, 1.165) is 24.0 Å². The lowest BCUT2D eigenvalue weighted by atomic mass is 10.0. The van der Waals surface area contributed by atoms with Crippen molar-refractivity contribution in [3.8, 4) is 5.75 Å². The zero-order valence-electron chi connectivity index (χ0n) is 13.0. The molecule has 118 valence electrons. The van der Waals surface area contributed by atoms with Crippen LogP contribution in [-0.2, 0) is 6.54 Å². The minimum absolute atomic E-state index is 0.0404. The number of hydrogen-bond donors (Lipinski definition) is 2. The standard InChI is InChI=1S/C17H20ClNO3/c1-10-11(2)17(21)22-16-12(10)8-14(18)15(20)13(16)9-19-6-4-3-5-7-19/h8,20H,3-7,9H2,1-2H3/p+1. The van der Waals surface area contributed by atoms with Crippen molar-refractivity contribution in [2.75, 3.05) is 13.1 Å². The molecule has 0 aliphatic carbocycles. The largest absolute Gasteiger partial charge is 0.506 e. The van der Waals surface area contributed by atoms with E-state index in [4.69, 9.17) is 16.0 Å². The van der Waals surface area contributed by atoms with Crippen molar-refractivity contribution >= 4 is 22.6 Å². The smallest absolute Gasteiger partial charge is 0.339 e. The van der Waals surface area contributed by atoms with Crippen LogP contribution in [0.5, 0.6) is 5.75 Å². The Kier molecular flexibility index (Phi) is 4.15. The summed E-state index contributed by atoms with van der Waals surface area (Å²) in [6, 6.07) is 1.69. The van der Waals surface area contributed by atoms with Gasteiger partial charge in [0.25, 0.3) is 0 Å². The molecule has 1 aliphatic rings. The fourth-order valence-electron chi connectivity index (χ4n) is 3.24. The molecule has 0 unspecified atom stereocenters. The number of benzene rings is 1. The normalized spacial score (nSPS) is 16.3. The molecule has 5 heteroatoms. The maximum Gasteiger partial charge on any atom is 0.339 e. The van der Waals surface area contributed by atoms with Gasteiger partial charge in [-0.2, -0.15) is 0 Å². The van der Waals surface area contributed by atoms with Crippen molar-refractivity contribution in [2.45, 2.75) is 39.7 Å². The van der Waals surface area contributed by atoms with Crippen molar-refractivity contribution in [1.82, 2.24) is 0 Å². The highest BCUT2D eigenvalue weighted by atomic mass is 35.5. The van der Waals surface area contributed by atoms with Gasteiger partial charge in [-0.05, 0) is 44.7 Å². The lowest BCUT2D eigenvalue weighted by molar-refractivity contribution is -0.918. The topological polar surface area (TPSA) is 54.9 Å². The Labute approximate surface area is 134 Å². The van der Waals surface area contributed by atoms with E-state index in [2.05, 4.69) is 0 Å². The number of phenols is 1. The van der Waals surface area contributed by atoms with Gasteiger partial charge in [0, 0.05) is 10.9 Å². The number of rotatable bonds is 2. The van der Waals surface area contributed by atoms with Crippen LogP contribution < -0.4 is 10.5 Å². The SMILES string of the molecule is Cc1c(C)c2cc(Cl)c(O)c(C[NH+]3CCCCC3)c2oc1=O. The molecule has 22 heavy (non-hydrogen) atoms. The van der Waals surface area contributed by atoms with Gasteiger partial charge >= 0.3 is 5.63 Å². The lowest BCUT2D eigenvalue weighted by Crippen LogP contribution is -3.11. The molecule has 0 saturated carbocycles. The molecule has 0 radical (unpaired) electrons. The summed E-state index contributed by atoms with van der Waals surface area (Å²) in [5.41, 5.74) is 2.24. The summed E-state index contributed by atoms with van der Waals surface area (Å²) in [6.45, 7) is 6.41. The summed E-state index contributed by atoms with van der Waals surface area (Å²) in [6.07, 6.45) is 3.65. The van der Waals surface area contributed by atoms with Crippen molar-refractivity contribution in [3.05, 3.63) is 38.2 Å². The van der Waals surface area contributed by atoms with E-state index in [9.17, 15) is 9.90 Å². The molecule has 1 saturated heterocycles. The molecule has 0 bridgehead atoms. The van der Waals surface area contributed by atoms with Gasteiger partial charge in [-0.3, -0.25) is 0 Å². The summed E-state index contributed by atoms with van der Waals surface area (Å²) >= 11 is 6.20. The Morgan fingerprint density at radius 3 is 2.59 bits per heavy atom. The number of phenolic OH excluding ortho intramolecular Hbond substituents is 1. The Hall–Kier alpha value is -1.52. The zero-order valence-corrected chi connectivity index (χ0v) is 13.7. The third-order valence-electron chi connectivity index (χ3n) is 4.76. The summed E-state index contributed by atoms with van der Waals surface area (Å²) in [5, 5.41) is 11.5. The van der Waals surface area contributed by atoms with E-state index in [0.29, 0.717) is 28.3 Å². The highest BCUT2D eigenvalue weighted by Gasteiger charge is 2.22. The number of fused-ring (bicyclic) bond motifs is 1. The molecule has 0 atom stereocenters. The summed E-state index contributed by atoms with van der Waals surface area (Å²) < 4.78 is 5.49. The molecule has 0 amide bonds. The van der Waals surface area contributed by atoms with Gasteiger partial charge in [0.05, 0.1) is 23.7 Å². The minimum Gasteiger partial charge on any atom is -0.506 e. The van der Waals surface area contributed by atoms with Crippen LogP contribution in [0.2, 0.25) is 5.02 Å². The maximum atomic E-state index is 12.0. The number of quaternary nitrogens is 1. The molecule has 1 aromatic carbocycles. The molecule has 1 fully saturated rings. The Balaban J connectivity index is 2.18. The van der Waals surface area contributed by atoms with Gasteiger partial charge in [-0.25, -0.2) is 4.79 Å². The Bertz CT molecular complexity index is 776. The highest BCUT2D eigenvalue weighted by Crippen LogP contribution is 2.35. The summed E-state index contributed by atoms with van der Waals surface area (Å²) in [4.78, 5) is 13.4. The second-order valence-electron chi connectivity index (χ2n) is 6.19. The molecule has 3 rings (SSSR count). The molecular formula is C17H21ClNO3+. The van der Waals surface area contributed by atoms with Crippen LogP contribution in [-0.4, -0.2) is 18.2 Å². The van der Waals surface area contributed by atoms with E-state index in [1.807, 2.05) is 6.92 Å². The molecule has 0 spiro atoms. The second kappa shape index (κ2) is 5.94. The maximum absolute atomic E-state index is 12.0. The molecule has 2 N–H and O–H groups in total. The highest BCUT2D eigenvalue weighted by molar-refractivity contribution is 6.33. The quantitative estimate of drug-likeness (QED) is 0.834. The van der Waals surface area contributed by atoms with Crippen LogP contribution in [0.15, 0.2) is 15.3 Å². The van der Waals surface area contributed by atoms with Crippen LogP contribution in [0, 0.1) is 13.8 Å². The van der Waals surface area contributed by atoms with Gasteiger partial charge < -0.3 is 14.4 Å². The van der Waals surface area contributed by atoms with Gasteiger partial charge in [0.1, 0.15) is 12.3 Å². The average molecular weight is 323 g/mol. The lowest BCUT2D eigenvalue weighted by Gasteiger charge is -2.24. The zero-order chi connectivity index (χ0) is 15.9. The van der Waals surface area contributed by atoms with Crippen LogP contribution in [0.25, 0.3) is 11.0 Å². The monoisotopic (exact) mass is 322 g/mol. The van der Waals surface area contributed by atoms with Crippen LogP contribution in [0.1, 0.15) is 36.0 Å². The molecular weight excluding hydrogens is 302 g/mol. The molecule has 1 aliphatic heterocycles. The van der Waals surface area contributed by atoms with Crippen molar-refractivity contribution < 1.29 is 14.4 Å². The van der Waals surface area contributed by atoms with E-state index < -0.39 is 0 Å². The fourth-order valence-corrected chi connectivity index (χ4v) is 3.46. The predicted octanol–water partition coefficient (Wildman–Crippen LogP) is 2.34. The molecule has 1 aromatic heterocycles. The third-order valence-corrected chi connectivity index (χ3v) is 5.04. The number of likely N-dealkylation sites (tertiary alicyclic amines) is 1. The number of piperidine rings is 1. The first kappa shape index (κ1) is 15.4. The molecule has 2 aromatic rings. The van der Waals surface area contributed by atoms with Crippen LogP contribution >= 0.6 is 11.6 Å². The Morgan fingerprint density at radius 1 is 1.23 bits per heavy atom. The molecule has 4 nitrogen and oxygen atoms in total. The van der Waals surface area contributed by atoms with Gasteiger partial charge in [-0.15, -0.1) is 0 Å². The van der Waals surface area contributed by atoms with Crippen LogP contribution in [0.4, 0.5) is 0 Å². The van der Waals surface area contributed by atoms with E-state index >= 15 is 0 Å². The van der Waals surface area contributed by atoms with Gasteiger partial charge in [-0.1, -0.05) is 11.6 Å². The number of aromatic hydroxyl groups is 1. The van der Waals surface area contributed by atoms with E-state index in [1.54, 1.807) is 13.0 Å². The number of hydrogen-bond acceptors (Lipinski definition) is 3. The number of aryl methyl sites for hydroxylation is 1. The summed E-state index contributed by atoms with van der Waals surface area (Å²) in [5.74, 6) is 0.0404. The van der Waals surface area contributed by atoms with Gasteiger partial charge in [0.15, 0.2) is 5.58 Å².